The van der Waals surface area contributed by atoms with Crippen molar-refractivity contribution in [3.8, 4) is 5.75 Å². The molecule has 1 aliphatic rings. The lowest BCUT2D eigenvalue weighted by atomic mass is 9.94. The summed E-state index contributed by atoms with van der Waals surface area (Å²) in [6.45, 7) is 3.15. The van der Waals surface area contributed by atoms with Crippen molar-refractivity contribution in [3.63, 3.8) is 0 Å². The van der Waals surface area contributed by atoms with Gasteiger partial charge in [0.05, 0.1) is 13.2 Å². The summed E-state index contributed by atoms with van der Waals surface area (Å²) >= 11 is 0. The van der Waals surface area contributed by atoms with E-state index in [1.165, 1.54) is 12.5 Å². The molecular weight excluding hydrogens is 354 g/mol. The summed E-state index contributed by atoms with van der Waals surface area (Å²) in [4.78, 5) is 26.0. The Labute approximate surface area is 165 Å². The van der Waals surface area contributed by atoms with Gasteiger partial charge in [-0.2, -0.15) is 0 Å². The molecule has 0 saturated carbocycles. The fourth-order valence-electron chi connectivity index (χ4n) is 3.64. The van der Waals surface area contributed by atoms with Gasteiger partial charge in [0.1, 0.15) is 5.75 Å². The quantitative estimate of drug-likeness (QED) is 0.808. The molecule has 0 radical (unpaired) electrons. The first-order valence-corrected chi connectivity index (χ1v) is 9.54. The number of carbonyl (C=O) groups excluding carboxylic acids is 2. The molecule has 0 unspecified atom stereocenters. The second kappa shape index (κ2) is 9.26. The van der Waals surface area contributed by atoms with Gasteiger partial charge in [-0.3, -0.25) is 4.79 Å². The summed E-state index contributed by atoms with van der Waals surface area (Å²) in [7, 11) is 1.63. The predicted molar refractivity (Wildman–Crippen MR) is 108 cm³/mol. The molecule has 1 saturated heterocycles. The van der Waals surface area contributed by atoms with Crippen molar-refractivity contribution in [2.45, 2.75) is 25.3 Å². The molecule has 1 heterocycles. The van der Waals surface area contributed by atoms with Crippen LogP contribution < -0.4 is 15.4 Å². The lowest BCUT2D eigenvalue weighted by molar-refractivity contribution is -0.119. The molecule has 2 N–H and O–H groups in total. The molecule has 6 heteroatoms. The summed E-state index contributed by atoms with van der Waals surface area (Å²) < 4.78 is 5.22. The average molecular weight is 381 g/mol. The number of nitrogens with one attached hydrogen (secondary N) is 2. The van der Waals surface area contributed by atoms with Gasteiger partial charge in [0.15, 0.2) is 0 Å². The van der Waals surface area contributed by atoms with E-state index in [-0.39, 0.29) is 23.9 Å². The summed E-state index contributed by atoms with van der Waals surface area (Å²) in [5.41, 5.74) is 2.27. The topological polar surface area (TPSA) is 70.7 Å². The molecule has 28 heavy (non-hydrogen) atoms. The van der Waals surface area contributed by atoms with E-state index in [0.29, 0.717) is 19.6 Å². The molecule has 1 fully saturated rings. The van der Waals surface area contributed by atoms with Crippen molar-refractivity contribution in [2.24, 2.45) is 0 Å². The third-order valence-electron chi connectivity index (χ3n) is 5.07. The number of nitrogens with zero attached hydrogens (tertiary/aromatic N) is 1. The highest BCUT2D eigenvalue weighted by atomic mass is 16.5. The van der Waals surface area contributed by atoms with Crippen molar-refractivity contribution in [3.05, 3.63) is 65.7 Å². The van der Waals surface area contributed by atoms with Crippen molar-refractivity contribution < 1.29 is 14.3 Å². The van der Waals surface area contributed by atoms with Gasteiger partial charge in [-0.05, 0) is 29.7 Å². The first-order valence-electron chi connectivity index (χ1n) is 9.54. The van der Waals surface area contributed by atoms with Gasteiger partial charge >= 0.3 is 6.03 Å². The third-order valence-corrected chi connectivity index (χ3v) is 5.07. The maximum absolute atomic E-state index is 12.6. The molecule has 2 aromatic rings. The Morgan fingerprint density at radius 3 is 2.43 bits per heavy atom. The molecule has 1 aliphatic heterocycles. The Hall–Kier alpha value is -3.02. The number of rotatable bonds is 6. The summed E-state index contributed by atoms with van der Waals surface area (Å²) in [6.07, 6.45) is 0.789. The van der Waals surface area contributed by atoms with Crippen LogP contribution in [0.2, 0.25) is 0 Å². The molecule has 6 nitrogen and oxygen atoms in total. The molecule has 2 aromatic carbocycles. The van der Waals surface area contributed by atoms with E-state index < -0.39 is 0 Å². The van der Waals surface area contributed by atoms with Crippen LogP contribution in [-0.4, -0.2) is 49.6 Å². The Balaban J connectivity index is 1.61. The van der Waals surface area contributed by atoms with E-state index in [4.69, 9.17) is 4.74 Å². The molecule has 0 aliphatic carbocycles. The summed E-state index contributed by atoms with van der Waals surface area (Å²) in [6, 6.07) is 17.7. The second-order valence-corrected chi connectivity index (χ2v) is 7.06. The Bertz CT molecular complexity index is 792. The number of benzene rings is 2. The Morgan fingerprint density at radius 1 is 1.07 bits per heavy atom. The van der Waals surface area contributed by atoms with Crippen LogP contribution >= 0.6 is 0 Å². The van der Waals surface area contributed by atoms with Gasteiger partial charge < -0.3 is 20.3 Å². The van der Waals surface area contributed by atoms with Crippen LogP contribution in [0.4, 0.5) is 4.79 Å². The van der Waals surface area contributed by atoms with Gasteiger partial charge in [0, 0.05) is 32.5 Å². The van der Waals surface area contributed by atoms with E-state index in [2.05, 4.69) is 22.8 Å². The minimum absolute atomic E-state index is 0.0506. The fraction of sp³-hybridized carbons (Fsp3) is 0.364. The van der Waals surface area contributed by atoms with Crippen molar-refractivity contribution in [1.82, 2.24) is 15.5 Å². The number of hydrogen-bond acceptors (Lipinski definition) is 3. The molecule has 0 aromatic heterocycles. The van der Waals surface area contributed by atoms with Gasteiger partial charge in [0.25, 0.3) is 0 Å². The number of hydrogen-bond donors (Lipinski definition) is 2. The first-order chi connectivity index (χ1) is 13.6. The van der Waals surface area contributed by atoms with Crippen LogP contribution in [0, 0.1) is 0 Å². The zero-order valence-corrected chi connectivity index (χ0v) is 16.4. The Kier molecular flexibility index (Phi) is 6.53. The Morgan fingerprint density at radius 2 is 1.79 bits per heavy atom. The van der Waals surface area contributed by atoms with E-state index in [9.17, 15) is 9.59 Å². The minimum Gasteiger partial charge on any atom is -0.497 e. The van der Waals surface area contributed by atoms with Crippen LogP contribution in [0.5, 0.6) is 5.75 Å². The molecule has 148 valence electrons. The monoisotopic (exact) mass is 381 g/mol. The third kappa shape index (κ3) is 5.03. The van der Waals surface area contributed by atoms with Crippen LogP contribution in [0.15, 0.2) is 54.6 Å². The highest BCUT2D eigenvalue weighted by molar-refractivity contribution is 5.76. The minimum atomic E-state index is -0.106. The molecular formula is C22H27N3O3. The molecule has 0 spiro atoms. The van der Waals surface area contributed by atoms with Gasteiger partial charge in [0.2, 0.25) is 5.91 Å². The van der Waals surface area contributed by atoms with Gasteiger partial charge in [-0.15, -0.1) is 0 Å². The summed E-state index contributed by atoms with van der Waals surface area (Å²) in [5, 5.41) is 5.99. The standard InChI is InChI=1S/C22H27N3O3/c1-16(26)24-21-15-25(14-20(21)18-8-10-19(28-2)11-9-18)22(27)23-13-12-17-6-4-3-5-7-17/h3-11,20-21H,12-15H2,1-2H3,(H,23,27)(H,24,26)/t20-,21+/m0/s1. The highest BCUT2D eigenvalue weighted by Gasteiger charge is 2.36. The summed E-state index contributed by atoms with van der Waals surface area (Å²) in [5.74, 6) is 0.748. The smallest absolute Gasteiger partial charge is 0.317 e. The van der Waals surface area contributed by atoms with E-state index in [1.807, 2.05) is 42.5 Å². The maximum Gasteiger partial charge on any atom is 0.317 e. The number of ether oxygens (including phenoxy) is 1. The van der Waals surface area contributed by atoms with E-state index in [0.717, 1.165) is 17.7 Å². The van der Waals surface area contributed by atoms with Crippen LogP contribution in [0.25, 0.3) is 0 Å². The number of amides is 3. The lowest BCUT2D eigenvalue weighted by Gasteiger charge is -2.19. The van der Waals surface area contributed by atoms with Crippen molar-refractivity contribution in [2.75, 3.05) is 26.7 Å². The largest absolute Gasteiger partial charge is 0.497 e. The zero-order chi connectivity index (χ0) is 19.9. The highest BCUT2D eigenvalue weighted by Crippen LogP contribution is 2.29. The number of methoxy groups -OCH3 is 1. The van der Waals surface area contributed by atoms with Gasteiger partial charge in [-0.1, -0.05) is 42.5 Å². The SMILES string of the molecule is COc1ccc([C@@H]2CN(C(=O)NCCc3ccccc3)C[C@H]2NC(C)=O)cc1. The van der Waals surface area contributed by atoms with E-state index >= 15 is 0 Å². The van der Waals surface area contributed by atoms with Crippen LogP contribution in [0.1, 0.15) is 24.0 Å². The number of urea groups is 1. The van der Waals surface area contributed by atoms with Crippen LogP contribution in [-0.2, 0) is 11.2 Å². The average Bonchev–Trinajstić information content (AvgIpc) is 3.12. The lowest BCUT2D eigenvalue weighted by Crippen LogP contribution is -2.42. The number of likely N-dealkylation sites (tertiary alicyclic amines) is 1. The van der Waals surface area contributed by atoms with Gasteiger partial charge in [-0.25, -0.2) is 4.79 Å². The maximum atomic E-state index is 12.6. The van der Waals surface area contributed by atoms with Crippen molar-refractivity contribution in [1.29, 1.82) is 0 Å². The molecule has 3 rings (SSSR count). The number of carbonyl (C=O) groups is 2. The zero-order valence-electron chi connectivity index (χ0n) is 16.4. The second-order valence-electron chi connectivity index (χ2n) is 7.06. The molecule has 2 atom stereocenters. The first kappa shape index (κ1) is 19.7. The molecule has 0 bridgehead atoms. The van der Waals surface area contributed by atoms with E-state index in [1.54, 1.807) is 12.0 Å². The van der Waals surface area contributed by atoms with Crippen LogP contribution in [0.3, 0.4) is 0 Å². The normalized spacial score (nSPS) is 18.6. The predicted octanol–water partition coefficient (Wildman–Crippen LogP) is 2.55. The van der Waals surface area contributed by atoms with Crippen molar-refractivity contribution >= 4 is 11.9 Å². The molecule has 3 amide bonds. The fourth-order valence-corrected chi connectivity index (χ4v) is 3.64.